The highest BCUT2D eigenvalue weighted by atomic mass is 32.2. The van der Waals surface area contributed by atoms with Gasteiger partial charge in [0.1, 0.15) is 17.2 Å². The third-order valence-corrected chi connectivity index (χ3v) is 7.72. The Balaban J connectivity index is 2.24. The first-order chi connectivity index (χ1) is 15.2. The number of hydrogen-bond donors (Lipinski definition) is 0. The van der Waals surface area contributed by atoms with Gasteiger partial charge < -0.3 is 4.57 Å². The maximum atomic E-state index is 13.1. The van der Waals surface area contributed by atoms with Crippen molar-refractivity contribution in [1.82, 2.24) is 24.7 Å². The number of sulfonamides is 1. The molecule has 0 aromatic carbocycles. The Morgan fingerprint density at radius 3 is 2.27 bits per heavy atom. The molecule has 0 bridgehead atoms. The Kier molecular flexibility index (Phi) is 6.23. The van der Waals surface area contributed by atoms with Gasteiger partial charge in [-0.15, -0.1) is 10.2 Å². The van der Waals surface area contributed by atoms with Gasteiger partial charge in [0, 0.05) is 20.3 Å². The first-order valence-electron chi connectivity index (χ1n) is 9.28. The number of halogens is 3. The highest BCUT2D eigenvalue weighted by molar-refractivity contribution is 7.92. The van der Waals surface area contributed by atoms with E-state index in [0.717, 1.165) is 28.9 Å². The Labute approximate surface area is 188 Å². The minimum absolute atomic E-state index is 0.0698. The molecule has 0 aliphatic carbocycles. The SMILES string of the molecule is CCS(=O)(=O)c1ccc(N(C)S(C)(=O)=O)nc1-c1nnc(-c2cc(C(F)(F)F)ccn2)n1C. The van der Waals surface area contributed by atoms with Crippen molar-refractivity contribution in [2.24, 2.45) is 7.05 Å². The quantitative estimate of drug-likeness (QED) is 0.500. The van der Waals surface area contributed by atoms with E-state index in [-0.39, 0.29) is 39.5 Å². The zero-order valence-corrected chi connectivity index (χ0v) is 19.5. The third-order valence-electron chi connectivity index (χ3n) is 4.78. The van der Waals surface area contributed by atoms with Gasteiger partial charge in [0.15, 0.2) is 21.5 Å². The second kappa shape index (κ2) is 8.37. The van der Waals surface area contributed by atoms with Gasteiger partial charge in [-0.05, 0) is 24.3 Å². The van der Waals surface area contributed by atoms with Gasteiger partial charge in [0.2, 0.25) is 10.0 Å². The fourth-order valence-electron chi connectivity index (χ4n) is 2.84. The number of pyridine rings is 2. The number of anilines is 1. The number of aromatic nitrogens is 5. The fourth-order valence-corrected chi connectivity index (χ4v) is 4.29. The van der Waals surface area contributed by atoms with Gasteiger partial charge in [0.05, 0.1) is 22.5 Å². The van der Waals surface area contributed by atoms with Crippen molar-refractivity contribution >= 4 is 25.7 Å². The molecular formula is C18H19F3N6O4S2. The summed E-state index contributed by atoms with van der Waals surface area (Å²) in [5.74, 6) is -0.521. The molecule has 3 rings (SSSR count). The summed E-state index contributed by atoms with van der Waals surface area (Å²) in [5, 5.41) is 7.80. The first kappa shape index (κ1) is 24.6. The number of rotatable bonds is 6. The van der Waals surface area contributed by atoms with Crippen LogP contribution in [0.25, 0.3) is 23.0 Å². The molecule has 0 atom stereocenters. The molecule has 10 nitrogen and oxygen atoms in total. The van der Waals surface area contributed by atoms with E-state index in [9.17, 15) is 30.0 Å². The van der Waals surface area contributed by atoms with E-state index >= 15 is 0 Å². The van der Waals surface area contributed by atoms with Crippen LogP contribution in [0.4, 0.5) is 19.0 Å². The highest BCUT2D eigenvalue weighted by Crippen LogP contribution is 2.33. The minimum Gasteiger partial charge on any atom is -0.307 e. The van der Waals surface area contributed by atoms with Crippen LogP contribution in [0.1, 0.15) is 12.5 Å². The lowest BCUT2D eigenvalue weighted by Gasteiger charge is -2.17. The van der Waals surface area contributed by atoms with Gasteiger partial charge >= 0.3 is 6.18 Å². The van der Waals surface area contributed by atoms with Gasteiger partial charge in [-0.1, -0.05) is 6.92 Å². The van der Waals surface area contributed by atoms with Crippen molar-refractivity contribution in [3.63, 3.8) is 0 Å². The molecule has 0 aliphatic rings. The second-order valence-corrected chi connectivity index (χ2v) is 11.2. The number of sulfone groups is 1. The summed E-state index contributed by atoms with van der Waals surface area (Å²) in [7, 11) is -4.90. The summed E-state index contributed by atoms with van der Waals surface area (Å²) < 4.78 is 90.5. The van der Waals surface area contributed by atoms with Gasteiger partial charge in [-0.2, -0.15) is 13.2 Å². The van der Waals surface area contributed by atoms with Crippen LogP contribution < -0.4 is 4.31 Å². The summed E-state index contributed by atoms with van der Waals surface area (Å²) in [6, 6.07) is 4.03. The Morgan fingerprint density at radius 2 is 1.70 bits per heavy atom. The lowest BCUT2D eigenvalue weighted by Crippen LogP contribution is -2.26. The molecule has 3 aromatic heterocycles. The second-order valence-electron chi connectivity index (χ2n) is 6.98. The van der Waals surface area contributed by atoms with Crippen LogP contribution in [0, 0.1) is 0 Å². The van der Waals surface area contributed by atoms with Gasteiger partial charge in [-0.25, -0.2) is 21.8 Å². The van der Waals surface area contributed by atoms with Crippen LogP contribution in [0.15, 0.2) is 35.4 Å². The third kappa shape index (κ3) is 4.83. The average molecular weight is 505 g/mol. The Hall–Kier alpha value is -3.07. The highest BCUT2D eigenvalue weighted by Gasteiger charge is 2.32. The molecule has 0 amide bonds. The Bertz CT molecular complexity index is 1420. The number of alkyl halides is 3. The summed E-state index contributed by atoms with van der Waals surface area (Å²) in [4.78, 5) is 7.87. The van der Waals surface area contributed by atoms with Crippen molar-refractivity contribution in [3.8, 4) is 23.0 Å². The van der Waals surface area contributed by atoms with E-state index in [1.807, 2.05) is 0 Å². The van der Waals surface area contributed by atoms with E-state index in [1.54, 1.807) is 0 Å². The zero-order valence-electron chi connectivity index (χ0n) is 17.9. The topological polar surface area (TPSA) is 128 Å². The maximum absolute atomic E-state index is 13.1. The monoisotopic (exact) mass is 504 g/mol. The van der Waals surface area contributed by atoms with Crippen LogP contribution in [0.3, 0.4) is 0 Å². The molecule has 3 aromatic rings. The van der Waals surface area contributed by atoms with Gasteiger partial charge in [-0.3, -0.25) is 9.29 Å². The van der Waals surface area contributed by atoms with Crippen LogP contribution in [-0.4, -0.2) is 60.6 Å². The van der Waals surface area contributed by atoms with E-state index in [0.29, 0.717) is 0 Å². The standard InChI is InChI=1S/C18H19F3N6O4S2/c1-5-33(30,31)13-6-7-14(27(3)32(4,28)29)23-15(13)17-25-24-16(26(17)2)12-10-11(8-9-22-12)18(19,20)21/h6-10H,5H2,1-4H3. The lowest BCUT2D eigenvalue weighted by molar-refractivity contribution is -0.137. The van der Waals surface area contributed by atoms with Gasteiger partial charge in [0.25, 0.3) is 0 Å². The van der Waals surface area contributed by atoms with Crippen LogP contribution in [-0.2, 0) is 33.1 Å². The van der Waals surface area contributed by atoms with E-state index in [1.165, 1.54) is 37.7 Å². The molecule has 33 heavy (non-hydrogen) atoms. The molecule has 3 heterocycles. The predicted octanol–water partition coefficient (Wildman–Crippen LogP) is 2.15. The molecule has 0 unspecified atom stereocenters. The van der Waals surface area contributed by atoms with Crippen LogP contribution in [0.2, 0.25) is 0 Å². The lowest BCUT2D eigenvalue weighted by atomic mass is 10.2. The summed E-state index contributed by atoms with van der Waals surface area (Å²) in [6.45, 7) is 1.42. The van der Waals surface area contributed by atoms with E-state index < -0.39 is 31.6 Å². The summed E-state index contributed by atoms with van der Waals surface area (Å²) in [5.41, 5.74) is -1.28. The number of hydrogen-bond acceptors (Lipinski definition) is 8. The predicted molar refractivity (Wildman–Crippen MR) is 113 cm³/mol. The minimum atomic E-state index is -4.60. The molecule has 0 aliphatic heterocycles. The smallest absolute Gasteiger partial charge is 0.307 e. The average Bonchev–Trinajstić information content (AvgIpc) is 3.12. The molecule has 0 saturated heterocycles. The fraction of sp³-hybridized carbons (Fsp3) is 0.333. The van der Waals surface area contributed by atoms with Crippen molar-refractivity contribution in [2.45, 2.75) is 18.0 Å². The van der Waals surface area contributed by atoms with Crippen molar-refractivity contribution in [3.05, 3.63) is 36.0 Å². The summed E-state index contributed by atoms with van der Waals surface area (Å²) >= 11 is 0. The normalized spacial score (nSPS) is 12.7. The molecule has 0 fully saturated rings. The largest absolute Gasteiger partial charge is 0.416 e. The molecule has 0 N–H and O–H groups in total. The van der Waals surface area contributed by atoms with Crippen molar-refractivity contribution in [2.75, 3.05) is 23.4 Å². The van der Waals surface area contributed by atoms with Crippen LogP contribution in [0.5, 0.6) is 0 Å². The van der Waals surface area contributed by atoms with E-state index in [4.69, 9.17) is 0 Å². The van der Waals surface area contributed by atoms with E-state index in [2.05, 4.69) is 20.2 Å². The molecule has 178 valence electrons. The molecule has 0 spiro atoms. The molecule has 0 radical (unpaired) electrons. The van der Waals surface area contributed by atoms with Crippen LogP contribution >= 0.6 is 0 Å². The molecule has 15 heteroatoms. The van der Waals surface area contributed by atoms with Crippen molar-refractivity contribution < 1.29 is 30.0 Å². The molecule has 0 saturated carbocycles. The molecular weight excluding hydrogens is 485 g/mol. The maximum Gasteiger partial charge on any atom is 0.416 e. The number of nitrogens with zero attached hydrogens (tertiary/aromatic N) is 6. The van der Waals surface area contributed by atoms with Crippen molar-refractivity contribution in [1.29, 1.82) is 0 Å². The first-order valence-corrected chi connectivity index (χ1v) is 12.8. The Morgan fingerprint density at radius 1 is 1.06 bits per heavy atom. The summed E-state index contributed by atoms with van der Waals surface area (Å²) in [6.07, 6.45) is -2.68. The zero-order chi connectivity index (χ0) is 24.8.